The minimum Gasteiger partial charge on any atom is -0.481 e. The minimum atomic E-state index is -0.840. The molecule has 1 aliphatic rings. The first-order valence-electron chi connectivity index (χ1n) is 4.23. The summed E-state index contributed by atoms with van der Waals surface area (Å²) in [4.78, 5) is 19.6. The van der Waals surface area contributed by atoms with Crippen molar-refractivity contribution in [2.75, 3.05) is 0 Å². The molecule has 1 fully saturated rings. The molecule has 0 amide bonds. The third-order valence-corrected chi connectivity index (χ3v) is 1.66. The molecule has 0 saturated heterocycles. The third kappa shape index (κ3) is 5.99. The van der Waals surface area contributed by atoms with Crippen LogP contribution in [0.2, 0.25) is 0 Å². The molecule has 1 rings (SSSR count). The van der Waals surface area contributed by atoms with Crippen molar-refractivity contribution in [2.45, 2.75) is 19.3 Å². The van der Waals surface area contributed by atoms with Gasteiger partial charge in [-0.3, -0.25) is 4.79 Å². The van der Waals surface area contributed by atoms with Crippen molar-refractivity contribution >= 4 is 11.9 Å². The van der Waals surface area contributed by atoms with E-state index in [0.29, 0.717) is 11.5 Å². The Balaban J connectivity index is 0.000000255. The number of rotatable bonds is 4. The molecule has 0 aromatic carbocycles. The van der Waals surface area contributed by atoms with Crippen LogP contribution in [0.5, 0.6) is 0 Å². The zero-order chi connectivity index (χ0) is 11.1. The van der Waals surface area contributed by atoms with Crippen LogP contribution in [-0.2, 0) is 9.59 Å². The molecule has 0 atom stereocenters. The average Bonchev–Trinajstić information content (AvgIpc) is 2.86. The molecular formula is C10H14O4. The fourth-order valence-corrected chi connectivity index (χ4v) is 0.730. The van der Waals surface area contributed by atoms with Gasteiger partial charge in [-0.1, -0.05) is 12.7 Å². The molecule has 0 bridgehead atoms. The van der Waals surface area contributed by atoms with Gasteiger partial charge in [0.05, 0.1) is 6.42 Å². The molecule has 0 aliphatic heterocycles. The minimum absolute atomic E-state index is 0.0556. The van der Waals surface area contributed by atoms with Crippen LogP contribution in [0.4, 0.5) is 0 Å². The molecule has 2 N–H and O–H groups in total. The highest BCUT2D eigenvalue weighted by Crippen LogP contribution is 2.35. The average molecular weight is 198 g/mol. The van der Waals surface area contributed by atoms with Crippen LogP contribution in [0.25, 0.3) is 0 Å². The molecule has 4 nitrogen and oxygen atoms in total. The van der Waals surface area contributed by atoms with E-state index in [9.17, 15) is 9.59 Å². The topological polar surface area (TPSA) is 74.6 Å². The Kier molecular flexibility index (Phi) is 5.29. The molecule has 0 spiro atoms. The first-order valence-corrected chi connectivity index (χ1v) is 4.23. The van der Waals surface area contributed by atoms with E-state index in [-0.39, 0.29) is 6.42 Å². The molecule has 0 aromatic heterocycles. The van der Waals surface area contributed by atoms with E-state index in [4.69, 9.17) is 10.2 Å². The predicted octanol–water partition coefficient (Wildman–Crippen LogP) is 1.68. The van der Waals surface area contributed by atoms with Gasteiger partial charge in [0.25, 0.3) is 0 Å². The number of hydrogen-bond donors (Lipinski definition) is 2. The first-order chi connectivity index (χ1) is 6.49. The zero-order valence-electron chi connectivity index (χ0n) is 7.90. The van der Waals surface area contributed by atoms with Crippen molar-refractivity contribution in [3.05, 3.63) is 24.8 Å². The van der Waals surface area contributed by atoms with Crippen molar-refractivity contribution in [1.29, 1.82) is 0 Å². The Morgan fingerprint density at radius 1 is 1.36 bits per heavy atom. The molecule has 14 heavy (non-hydrogen) atoms. The largest absolute Gasteiger partial charge is 0.481 e. The fourth-order valence-electron chi connectivity index (χ4n) is 0.730. The van der Waals surface area contributed by atoms with Gasteiger partial charge in [-0.15, -0.1) is 6.58 Å². The van der Waals surface area contributed by atoms with Crippen LogP contribution in [0.3, 0.4) is 0 Å². The molecule has 0 radical (unpaired) electrons. The molecule has 0 unspecified atom stereocenters. The van der Waals surface area contributed by atoms with Crippen LogP contribution in [0, 0.1) is 5.92 Å². The van der Waals surface area contributed by atoms with Crippen LogP contribution >= 0.6 is 0 Å². The lowest BCUT2D eigenvalue weighted by Gasteiger charge is -1.90. The van der Waals surface area contributed by atoms with Crippen LogP contribution < -0.4 is 0 Å². The Bertz CT molecular complexity index is 251. The molecule has 1 saturated carbocycles. The SMILES string of the molecule is C=C(C(=O)O)C1CC1.C=CCC(=O)O. The number of hydrogen-bond acceptors (Lipinski definition) is 2. The summed E-state index contributed by atoms with van der Waals surface area (Å²) < 4.78 is 0. The van der Waals surface area contributed by atoms with Crippen molar-refractivity contribution in [1.82, 2.24) is 0 Å². The second-order valence-electron chi connectivity index (χ2n) is 2.99. The second-order valence-corrected chi connectivity index (χ2v) is 2.99. The normalized spacial score (nSPS) is 13.4. The summed E-state index contributed by atoms with van der Waals surface area (Å²) in [6, 6.07) is 0. The summed E-state index contributed by atoms with van der Waals surface area (Å²) in [5.74, 6) is -1.37. The van der Waals surface area contributed by atoms with Gasteiger partial charge in [-0.2, -0.15) is 0 Å². The van der Waals surface area contributed by atoms with E-state index in [1.165, 1.54) is 6.08 Å². The number of carbonyl (C=O) groups is 2. The molecule has 78 valence electrons. The van der Waals surface area contributed by atoms with E-state index in [2.05, 4.69) is 13.2 Å². The highest BCUT2D eigenvalue weighted by Gasteiger charge is 2.28. The van der Waals surface area contributed by atoms with Crippen LogP contribution in [-0.4, -0.2) is 22.2 Å². The van der Waals surface area contributed by atoms with Gasteiger partial charge in [-0.25, -0.2) is 4.79 Å². The smallest absolute Gasteiger partial charge is 0.331 e. The summed E-state index contributed by atoms with van der Waals surface area (Å²) in [6.45, 7) is 6.64. The number of carboxylic acid groups (broad SMARTS) is 2. The lowest BCUT2D eigenvalue weighted by molar-refractivity contribution is -0.136. The van der Waals surface area contributed by atoms with Crippen molar-refractivity contribution < 1.29 is 19.8 Å². The summed E-state index contributed by atoms with van der Waals surface area (Å²) >= 11 is 0. The second kappa shape index (κ2) is 5.96. The van der Waals surface area contributed by atoms with Crippen molar-refractivity contribution in [2.24, 2.45) is 5.92 Å². The van der Waals surface area contributed by atoms with Gasteiger partial charge in [0.1, 0.15) is 0 Å². The van der Waals surface area contributed by atoms with E-state index in [1.54, 1.807) is 0 Å². The van der Waals surface area contributed by atoms with Crippen LogP contribution in [0.1, 0.15) is 19.3 Å². The lowest BCUT2D eigenvalue weighted by atomic mass is 10.2. The van der Waals surface area contributed by atoms with Gasteiger partial charge in [0, 0.05) is 5.57 Å². The molecular weight excluding hydrogens is 184 g/mol. The summed E-state index contributed by atoms with van der Waals surface area (Å²) in [6.07, 6.45) is 3.44. The van der Waals surface area contributed by atoms with Gasteiger partial charge in [0.15, 0.2) is 0 Å². The van der Waals surface area contributed by atoms with E-state index < -0.39 is 11.9 Å². The number of carboxylic acids is 2. The summed E-state index contributed by atoms with van der Waals surface area (Å²) in [5, 5.41) is 16.1. The Morgan fingerprint density at radius 3 is 1.93 bits per heavy atom. The molecule has 0 heterocycles. The van der Waals surface area contributed by atoms with E-state index in [1.807, 2.05) is 0 Å². The maximum atomic E-state index is 10.1. The van der Waals surface area contributed by atoms with Crippen LogP contribution in [0.15, 0.2) is 24.8 Å². The maximum Gasteiger partial charge on any atom is 0.331 e. The molecule has 4 heteroatoms. The Morgan fingerprint density at radius 2 is 1.86 bits per heavy atom. The van der Waals surface area contributed by atoms with Gasteiger partial charge >= 0.3 is 11.9 Å². The number of aliphatic carboxylic acids is 2. The quantitative estimate of drug-likeness (QED) is 0.532. The fraction of sp³-hybridized carbons (Fsp3) is 0.400. The van der Waals surface area contributed by atoms with Gasteiger partial charge in [-0.05, 0) is 18.8 Å². The summed E-state index contributed by atoms with van der Waals surface area (Å²) in [7, 11) is 0. The first kappa shape index (κ1) is 12.4. The Labute approximate surface area is 82.6 Å². The molecule has 1 aliphatic carbocycles. The monoisotopic (exact) mass is 198 g/mol. The third-order valence-electron chi connectivity index (χ3n) is 1.66. The lowest BCUT2D eigenvalue weighted by Crippen LogP contribution is -1.99. The maximum absolute atomic E-state index is 10.1. The van der Waals surface area contributed by atoms with Crippen molar-refractivity contribution in [3.8, 4) is 0 Å². The highest BCUT2D eigenvalue weighted by atomic mass is 16.4. The van der Waals surface area contributed by atoms with Gasteiger partial charge in [0.2, 0.25) is 0 Å². The standard InChI is InChI=1S/C6H8O2.C4H6O2/c1-4(6(7)8)5-2-3-5;1-2-3-4(5)6/h5H,1-3H2,(H,7,8);2H,1,3H2,(H,5,6). The predicted molar refractivity (Wildman–Crippen MR) is 51.9 cm³/mol. The van der Waals surface area contributed by atoms with Crippen molar-refractivity contribution in [3.63, 3.8) is 0 Å². The zero-order valence-corrected chi connectivity index (χ0v) is 7.90. The van der Waals surface area contributed by atoms with E-state index >= 15 is 0 Å². The highest BCUT2D eigenvalue weighted by molar-refractivity contribution is 5.86. The van der Waals surface area contributed by atoms with Gasteiger partial charge < -0.3 is 10.2 Å². The Hall–Kier alpha value is -1.58. The van der Waals surface area contributed by atoms with E-state index in [0.717, 1.165) is 12.8 Å². The summed E-state index contributed by atoms with van der Waals surface area (Å²) in [5.41, 5.74) is 0.380. The molecule has 0 aromatic rings.